The topological polar surface area (TPSA) is 23.6 Å². The van der Waals surface area contributed by atoms with E-state index in [1.54, 1.807) is 0 Å². The van der Waals surface area contributed by atoms with Gasteiger partial charge in [-0.05, 0) is 29.3 Å². The number of fused-ring (bicyclic) bond motifs is 1. The second-order valence-corrected chi connectivity index (χ2v) is 7.79. The average Bonchev–Trinajstić information content (AvgIpc) is 2.93. The zero-order valence-corrected chi connectivity index (χ0v) is 15.4. The molecular weight excluding hydrogens is 355 g/mol. The van der Waals surface area contributed by atoms with Gasteiger partial charge in [0.1, 0.15) is 0 Å². The lowest BCUT2D eigenvalue weighted by Crippen LogP contribution is -2.54. The molecule has 0 saturated carbocycles. The number of nitrogens with zero attached hydrogens (tertiary/aromatic N) is 2. The van der Waals surface area contributed by atoms with Crippen molar-refractivity contribution in [1.82, 2.24) is 9.80 Å². The molecule has 2 atom stereocenters. The second-order valence-electron chi connectivity index (χ2n) is 6.95. The predicted octanol–water partition coefficient (Wildman–Crippen LogP) is 3.88. The summed E-state index contributed by atoms with van der Waals surface area (Å²) in [5.74, 6) is 0.797. The summed E-state index contributed by atoms with van der Waals surface area (Å²) >= 11 is 12.2. The number of benzene rings is 2. The Morgan fingerprint density at radius 2 is 1.76 bits per heavy atom. The molecule has 0 N–H and O–H groups in total. The van der Waals surface area contributed by atoms with Crippen LogP contribution in [-0.2, 0) is 17.8 Å². The Hall–Kier alpha value is -1.55. The minimum atomic E-state index is 0.203. The number of carbonyl (C=O) groups excluding carboxylic acids is 1. The SMILES string of the molecule is O=C(Cc1ccc(Cl)cc1)N1C[C@@H]2CN(Cc3ccccc3Cl)[C@@H]2C1. The molecule has 0 bridgehead atoms. The molecule has 1 amide bonds. The molecule has 2 fully saturated rings. The summed E-state index contributed by atoms with van der Waals surface area (Å²) in [6.45, 7) is 3.60. The molecule has 0 spiro atoms. The van der Waals surface area contributed by atoms with Crippen molar-refractivity contribution >= 4 is 29.1 Å². The number of hydrogen-bond acceptors (Lipinski definition) is 2. The second kappa shape index (κ2) is 6.99. The monoisotopic (exact) mass is 374 g/mol. The van der Waals surface area contributed by atoms with Crippen molar-refractivity contribution in [3.05, 3.63) is 69.7 Å². The number of likely N-dealkylation sites (tertiary alicyclic amines) is 2. The highest BCUT2D eigenvalue weighted by atomic mass is 35.5. The van der Waals surface area contributed by atoms with Crippen molar-refractivity contribution in [2.75, 3.05) is 19.6 Å². The van der Waals surface area contributed by atoms with Crippen molar-refractivity contribution in [2.45, 2.75) is 19.0 Å². The van der Waals surface area contributed by atoms with Crippen molar-refractivity contribution in [2.24, 2.45) is 5.92 Å². The van der Waals surface area contributed by atoms with Gasteiger partial charge in [-0.25, -0.2) is 0 Å². The molecular formula is C20H20Cl2N2O. The normalized spacial score (nSPS) is 22.6. The maximum Gasteiger partial charge on any atom is 0.227 e. The largest absolute Gasteiger partial charge is 0.340 e. The molecule has 0 unspecified atom stereocenters. The zero-order chi connectivity index (χ0) is 17.4. The third-order valence-electron chi connectivity index (χ3n) is 5.30. The van der Waals surface area contributed by atoms with Crippen LogP contribution in [0.4, 0.5) is 0 Å². The smallest absolute Gasteiger partial charge is 0.227 e. The number of hydrogen-bond donors (Lipinski definition) is 0. The summed E-state index contributed by atoms with van der Waals surface area (Å²) < 4.78 is 0. The van der Waals surface area contributed by atoms with Crippen LogP contribution in [0.1, 0.15) is 11.1 Å². The van der Waals surface area contributed by atoms with Gasteiger partial charge in [0.2, 0.25) is 5.91 Å². The Morgan fingerprint density at radius 3 is 2.52 bits per heavy atom. The standard InChI is InChI=1S/C20H20Cl2N2O/c21-17-7-5-14(6-8-17)9-20(25)24-12-16-11-23(19(16)13-24)10-15-3-1-2-4-18(15)22/h1-8,16,19H,9-13H2/t16-,19+/m0/s1. The van der Waals surface area contributed by atoms with Crippen LogP contribution >= 0.6 is 23.2 Å². The Bertz CT molecular complexity index is 778. The van der Waals surface area contributed by atoms with Crippen molar-refractivity contribution in [3.8, 4) is 0 Å². The van der Waals surface area contributed by atoms with Gasteiger partial charge in [-0.3, -0.25) is 9.69 Å². The highest BCUT2D eigenvalue weighted by Gasteiger charge is 2.46. The average molecular weight is 375 g/mol. The minimum absolute atomic E-state index is 0.203. The molecule has 5 heteroatoms. The summed E-state index contributed by atoms with van der Waals surface area (Å²) in [5.41, 5.74) is 2.18. The number of amides is 1. The number of carbonyl (C=O) groups is 1. The molecule has 2 aliphatic heterocycles. The van der Waals surface area contributed by atoms with Crippen LogP contribution in [0.25, 0.3) is 0 Å². The van der Waals surface area contributed by atoms with E-state index in [1.807, 2.05) is 47.4 Å². The fraction of sp³-hybridized carbons (Fsp3) is 0.350. The molecule has 2 aromatic rings. The minimum Gasteiger partial charge on any atom is -0.340 e. The van der Waals surface area contributed by atoms with Gasteiger partial charge < -0.3 is 4.90 Å². The van der Waals surface area contributed by atoms with E-state index in [4.69, 9.17) is 23.2 Å². The summed E-state index contributed by atoms with van der Waals surface area (Å²) in [4.78, 5) is 17.0. The highest BCUT2D eigenvalue weighted by molar-refractivity contribution is 6.31. The van der Waals surface area contributed by atoms with Crippen LogP contribution < -0.4 is 0 Å². The number of rotatable bonds is 4. The highest BCUT2D eigenvalue weighted by Crippen LogP contribution is 2.34. The van der Waals surface area contributed by atoms with E-state index in [0.717, 1.165) is 42.3 Å². The first-order valence-electron chi connectivity index (χ1n) is 8.60. The molecule has 2 saturated heterocycles. The fourth-order valence-electron chi connectivity index (χ4n) is 3.87. The molecule has 3 nitrogen and oxygen atoms in total. The lowest BCUT2D eigenvalue weighted by atomic mass is 9.91. The molecule has 0 aromatic heterocycles. The predicted molar refractivity (Wildman–Crippen MR) is 101 cm³/mol. The Kier molecular flexibility index (Phi) is 4.72. The van der Waals surface area contributed by atoms with E-state index in [0.29, 0.717) is 23.4 Å². The van der Waals surface area contributed by atoms with Crippen LogP contribution in [0.15, 0.2) is 48.5 Å². The molecule has 130 valence electrons. The summed E-state index contributed by atoms with van der Waals surface area (Å²) in [6, 6.07) is 16.0. The zero-order valence-electron chi connectivity index (χ0n) is 13.9. The van der Waals surface area contributed by atoms with Crippen LogP contribution in [0.2, 0.25) is 10.0 Å². The molecule has 2 aromatic carbocycles. The molecule has 4 rings (SSSR count). The van der Waals surface area contributed by atoms with Crippen LogP contribution in [0.3, 0.4) is 0 Å². The van der Waals surface area contributed by atoms with Gasteiger partial charge >= 0.3 is 0 Å². The third-order valence-corrected chi connectivity index (χ3v) is 5.92. The van der Waals surface area contributed by atoms with Crippen molar-refractivity contribution in [1.29, 1.82) is 0 Å². The first-order chi connectivity index (χ1) is 12.1. The summed E-state index contributed by atoms with van der Waals surface area (Å²) in [5, 5.41) is 1.52. The van der Waals surface area contributed by atoms with E-state index in [1.165, 1.54) is 0 Å². The fourth-order valence-corrected chi connectivity index (χ4v) is 4.19. The van der Waals surface area contributed by atoms with Gasteiger partial charge in [0.15, 0.2) is 0 Å². The van der Waals surface area contributed by atoms with E-state index in [2.05, 4.69) is 11.0 Å². The van der Waals surface area contributed by atoms with Gasteiger partial charge in [-0.15, -0.1) is 0 Å². The van der Waals surface area contributed by atoms with Crippen molar-refractivity contribution < 1.29 is 4.79 Å². The lowest BCUT2D eigenvalue weighted by molar-refractivity contribution is -0.129. The first-order valence-corrected chi connectivity index (χ1v) is 9.35. The van der Waals surface area contributed by atoms with Crippen molar-refractivity contribution in [3.63, 3.8) is 0 Å². The van der Waals surface area contributed by atoms with E-state index < -0.39 is 0 Å². The molecule has 2 aliphatic rings. The maximum atomic E-state index is 12.6. The first kappa shape index (κ1) is 16.9. The molecule has 2 heterocycles. The maximum absolute atomic E-state index is 12.6. The Labute approximate surface area is 158 Å². The Morgan fingerprint density at radius 1 is 1.00 bits per heavy atom. The Balaban J connectivity index is 1.34. The summed E-state index contributed by atoms with van der Waals surface area (Å²) in [7, 11) is 0. The number of halogens is 2. The van der Waals surface area contributed by atoms with E-state index >= 15 is 0 Å². The molecule has 0 aliphatic carbocycles. The van der Waals surface area contributed by atoms with Crippen LogP contribution in [0.5, 0.6) is 0 Å². The molecule has 0 radical (unpaired) electrons. The lowest BCUT2D eigenvalue weighted by Gasteiger charge is -2.43. The van der Waals surface area contributed by atoms with E-state index in [-0.39, 0.29) is 5.91 Å². The summed E-state index contributed by atoms with van der Waals surface area (Å²) in [6.07, 6.45) is 0.446. The van der Waals surface area contributed by atoms with Gasteiger partial charge in [-0.1, -0.05) is 53.5 Å². The van der Waals surface area contributed by atoms with Crippen LogP contribution in [-0.4, -0.2) is 41.4 Å². The van der Waals surface area contributed by atoms with Gasteiger partial charge in [0, 0.05) is 48.2 Å². The van der Waals surface area contributed by atoms with Gasteiger partial charge in [-0.2, -0.15) is 0 Å². The third kappa shape index (κ3) is 3.55. The van der Waals surface area contributed by atoms with E-state index in [9.17, 15) is 4.79 Å². The van der Waals surface area contributed by atoms with Gasteiger partial charge in [0.25, 0.3) is 0 Å². The van der Waals surface area contributed by atoms with Crippen LogP contribution in [0, 0.1) is 5.92 Å². The molecule has 25 heavy (non-hydrogen) atoms. The quantitative estimate of drug-likeness (QED) is 0.810. The van der Waals surface area contributed by atoms with Gasteiger partial charge in [0.05, 0.1) is 6.42 Å².